The van der Waals surface area contributed by atoms with Gasteiger partial charge in [0.25, 0.3) is 5.69 Å². The molecule has 0 aromatic heterocycles. The van der Waals surface area contributed by atoms with E-state index < -0.39 is 32.7 Å². The summed E-state index contributed by atoms with van der Waals surface area (Å²) in [5.74, 6) is -0.740. The Balaban J connectivity index is 1.62. The number of rotatable bonds is 8. The first-order chi connectivity index (χ1) is 16.4. The topological polar surface area (TPSA) is 128 Å². The van der Waals surface area contributed by atoms with E-state index in [1.54, 1.807) is 0 Å². The second-order valence-electron chi connectivity index (χ2n) is 7.03. The normalized spacial score (nSPS) is 11.9. The molecule has 1 amide bonds. The zero-order valence-electron chi connectivity index (χ0n) is 17.6. The molecular weight excluding hydrogens is 491 g/mol. The second-order valence-corrected chi connectivity index (χ2v) is 8.58. The van der Waals surface area contributed by atoms with Gasteiger partial charge in [0.1, 0.15) is 10.6 Å². The number of hydrogen-bond acceptors (Lipinski definition) is 7. The molecule has 0 saturated carbocycles. The standard InChI is InChI=1S/C22H16F3N3O6S/c23-22(24,25)17-5-1-3-15(11-17)13-21(29)27-26-14-16-4-2-6-19(12-16)34-35(32,33)20-9-7-18(8-10-20)28(30)31/h1-12,14H,13H2,(H,27,29)/b26-14-. The van der Waals surface area contributed by atoms with Gasteiger partial charge >= 0.3 is 16.3 Å². The van der Waals surface area contributed by atoms with Crippen molar-refractivity contribution in [2.75, 3.05) is 0 Å². The molecule has 3 aromatic rings. The summed E-state index contributed by atoms with van der Waals surface area (Å²) in [6.07, 6.45) is -3.67. The Bertz CT molecular complexity index is 1370. The van der Waals surface area contributed by atoms with Crippen molar-refractivity contribution in [3.63, 3.8) is 0 Å². The lowest BCUT2D eigenvalue weighted by atomic mass is 10.1. The number of nitro groups is 1. The SMILES string of the molecule is O=C(Cc1cccc(C(F)(F)F)c1)N/N=C\c1cccc(OS(=O)(=O)c2ccc([N+](=O)[O-])cc2)c1. The molecule has 0 aliphatic rings. The number of hydrogen-bond donors (Lipinski definition) is 1. The average molecular weight is 507 g/mol. The van der Waals surface area contributed by atoms with Crippen LogP contribution in [0.3, 0.4) is 0 Å². The lowest BCUT2D eigenvalue weighted by Crippen LogP contribution is -2.20. The van der Waals surface area contributed by atoms with Gasteiger partial charge in [-0.1, -0.05) is 30.3 Å². The third-order valence-corrected chi connectivity index (χ3v) is 5.68. The Hall–Kier alpha value is -4.26. The summed E-state index contributed by atoms with van der Waals surface area (Å²) in [5, 5.41) is 14.4. The van der Waals surface area contributed by atoms with E-state index in [0.29, 0.717) is 5.56 Å². The van der Waals surface area contributed by atoms with E-state index in [-0.39, 0.29) is 28.3 Å². The Kier molecular flexibility index (Phi) is 7.49. The van der Waals surface area contributed by atoms with Gasteiger partial charge in [0, 0.05) is 12.1 Å². The molecule has 0 bridgehead atoms. The number of hydrazone groups is 1. The average Bonchev–Trinajstić information content (AvgIpc) is 2.79. The number of nitrogens with zero attached hydrogens (tertiary/aromatic N) is 2. The van der Waals surface area contributed by atoms with E-state index in [2.05, 4.69) is 10.5 Å². The van der Waals surface area contributed by atoms with Crippen molar-refractivity contribution in [2.45, 2.75) is 17.5 Å². The van der Waals surface area contributed by atoms with Crippen molar-refractivity contribution in [3.05, 3.63) is 99.6 Å². The molecule has 1 N–H and O–H groups in total. The number of carbonyl (C=O) groups is 1. The largest absolute Gasteiger partial charge is 0.416 e. The molecule has 9 nitrogen and oxygen atoms in total. The minimum Gasteiger partial charge on any atom is -0.379 e. The lowest BCUT2D eigenvalue weighted by molar-refractivity contribution is -0.384. The van der Waals surface area contributed by atoms with Crippen LogP contribution >= 0.6 is 0 Å². The maximum absolute atomic E-state index is 12.8. The molecule has 0 spiro atoms. The van der Waals surface area contributed by atoms with Crippen LogP contribution in [0.25, 0.3) is 0 Å². The van der Waals surface area contributed by atoms with Crippen LogP contribution in [0.5, 0.6) is 5.75 Å². The van der Waals surface area contributed by atoms with E-state index in [1.165, 1.54) is 42.6 Å². The third kappa shape index (κ3) is 7.11. The van der Waals surface area contributed by atoms with E-state index >= 15 is 0 Å². The molecule has 0 unspecified atom stereocenters. The predicted octanol–water partition coefficient (Wildman–Crippen LogP) is 4.07. The molecule has 0 saturated heterocycles. The van der Waals surface area contributed by atoms with Crippen LogP contribution in [-0.4, -0.2) is 25.5 Å². The quantitative estimate of drug-likeness (QED) is 0.212. The maximum atomic E-state index is 12.8. The molecule has 3 aromatic carbocycles. The van der Waals surface area contributed by atoms with Gasteiger partial charge in [0.2, 0.25) is 5.91 Å². The fourth-order valence-corrected chi connectivity index (χ4v) is 3.74. The summed E-state index contributed by atoms with van der Waals surface area (Å²) in [7, 11) is -4.27. The summed E-state index contributed by atoms with van der Waals surface area (Å²) in [5.41, 5.74) is 1.53. The number of nitrogens with one attached hydrogen (secondary N) is 1. The smallest absolute Gasteiger partial charge is 0.379 e. The van der Waals surface area contributed by atoms with Crippen LogP contribution in [0.15, 0.2) is 82.8 Å². The van der Waals surface area contributed by atoms with Gasteiger partial charge in [-0.05, 0) is 41.5 Å². The highest BCUT2D eigenvalue weighted by atomic mass is 32.2. The Morgan fingerprint density at radius 3 is 2.40 bits per heavy atom. The predicted molar refractivity (Wildman–Crippen MR) is 118 cm³/mol. The minimum absolute atomic E-state index is 0.0809. The van der Waals surface area contributed by atoms with E-state index in [0.717, 1.165) is 36.4 Å². The van der Waals surface area contributed by atoms with E-state index in [9.17, 15) is 36.5 Å². The van der Waals surface area contributed by atoms with Crippen molar-refractivity contribution < 1.29 is 35.5 Å². The first-order valence-corrected chi connectivity index (χ1v) is 11.1. The molecule has 3 rings (SSSR count). The molecule has 13 heteroatoms. The van der Waals surface area contributed by atoms with Crippen molar-refractivity contribution in [3.8, 4) is 5.75 Å². The van der Waals surface area contributed by atoms with Crippen molar-refractivity contribution in [1.29, 1.82) is 0 Å². The summed E-state index contributed by atoms with van der Waals surface area (Å²) in [4.78, 5) is 21.7. The number of alkyl halides is 3. The van der Waals surface area contributed by atoms with Crippen LogP contribution < -0.4 is 9.61 Å². The minimum atomic E-state index is -4.52. The molecule has 0 aliphatic carbocycles. The van der Waals surface area contributed by atoms with Crippen LogP contribution in [0.4, 0.5) is 18.9 Å². The van der Waals surface area contributed by atoms with Crippen LogP contribution in [0, 0.1) is 10.1 Å². The Labute approximate surface area is 197 Å². The second kappa shape index (κ2) is 10.3. The first-order valence-electron chi connectivity index (χ1n) is 9.71. The molecule has 0 aliphatic heterocycles. The summed E-state index contributed by atoms with van der Waals surface area (Å²) in [6, 6.07) is 14.2. The summed E-state index contributed by atoms with van der Waals surface area (Å²) >= 11 is 0. The number of non-ortho nitro benzene ring substituents is 1. The molecule has 0 atom stereocenters. The number of amides is 1. The van der Waals surface area contributed by atoms with Crippen LogP contribution in [-0.2, 0) is 27.5 Å². The van der Waals surface area contributed by atoms with E-state index in [4.69, 9.17) is 4.18 Å². The molecule has 0 radical (unpaired) electrons. The van der Waals surface area contributed by atoms with Gasteiger partial charge in [0.15, 0.2) is 0 Å². The van der Waals surface area contributed by atoms with Crippen LogP contribution in [0.1, 0.15) is 16.7 Å². The highest BCUT2D eigenvalue weighted by Gasteiger charge is 2.30. The van der Waals surface area contributed by atoms with Gasteiger partial charge in [-0.3, -0.25) is 14.9 Å². The zero-order chi connectivity index (χ0) is 25.6. The lowest BCUT2D eigenvalue weighted by Gasteiger charge is -2.08. The molecule has 182 valence electrons. The van der Waals surface area contributed by atoms with Crippen molar-refractivity contribution in [2.24, 2.45) is 5.10 Å². The van der Waals surface area contributed by atoms with E-state index in [1.807, 2.05) is 0 Å². The Morgan fingerprint density at radius 1 is 1.06 bits per heavy atom. The number of benzene rings is 3. The monoisotopic (exact) mass is 507 g/mol. The fraction of sp³-hybridized carbons (Fsp3) is 0.0909. The first kappa shape index (κ1) is 25.4. The summed E-state index contributed by atoms with van der Waals surface area (Å²) in [6.45, 7) is 0. The van der Waals surface area contributed by atoms with Gasteiger partial charge < -0.3 is 4.18 Å². The highest BCUT2D eigenvalue weighted by molar-refractivity contribution is 7.87. The van der Waals surface area contributed by atoms with Gasteiger partial charge in [-0.25, -0.2) is 5.43 Å². The number of nitro benzene ring substituents is 1. The zero-order valence-corrected chi connectivity index (χ0v) is 18.4. The number of carbonyl (C=O) groups excluding carboxylic acids is 1. The van der Waals surface area contributed by atoms with Gasteiger partial charge in [-0.2, -0.15) is 26.7 Å². The third-order valence-electron chi connectivity index (χ3n) is 4.42. The maximum Gasteiger partial charge on any atom is 0.416 e. The molecule has 0 heterocycles. The molecule has 0 fully saturated rings. The van der Waals surface area contributed by atoms with Gasteiger partial charge in [0.05, 0.1) is 23.1 Å². The van der Waals surface area contributed by atoms with Crippen molar-refractivity contribution in [1.82, 2.24) is 5.43 Å². The summed E-state index contributed by atoms with van der Waals surface area (Å²) < 4.78 is 68.2. The molecular formula is C22H16F3N3O6S. The highest BCUT2D eigenvalue weighted by Crippen LogP contribution is 2.29. The van der Waals surface area contributed by atoms with Crippen LogP contribution in [0.2, 0.25) is 0 Å². The van der Waals surface area contributed by atoms with Crippen molar-refractivity contribution >= 4 is 27.9 Å². The Morgan fingerprint density at radius 2 is 1.74 bits per heavy atom. The molecule has 35 heavy (non-hydrogen) atoms. The number of halogens is 3. The fourth-order valence-electron chi connectivity index (χ4n) is 2.82. The van der Waals surface area contributed by atoms with Gasteiger partial charge in [-0.15, -0.1) is 0 Å².